The molecule has 0 atom stereocenters. The molecule has 0 radical (unpaired) electrons. The molecule has 5 heterocycles. The number of hydrogen-bond donors (Lipinski definition) is 4. The highest BCUT2D eigenvalue weighted by atomic mass is 19.4. The van der Waals surface area contributed by atoms with E-state index in [0.29, 0.717) is 17.4 Å². The zero-order valence-corrected chi connectivity index (χ0v) is 36.7. The minimum Gasteiger partial charge on any atom is -0.489 e. The van der Waals surface area contributed by atoms with Gasteiger partial charge >= 0.3 is 12.2 Å². The summed E-state index contributed by atoms with van der Waals surface area (Å²) in [6, 6.07) is 16.0. The summed E-state index contributed by atoms with van der Waals surface area (Å²) in [6.45, 7) is 10.2. The van der Waals surface area contributed by atoms with E-state index in [1.165, 1.54) is 24.7 Å². The van der Waals surface area contributed by atoms with Crippen molar-refractivity contribution in [3.05, 3.63) is 100 Å². The number of pyridine rings is 1. The van der Waals surface area contributed by atoms with Crippen molar-refractivity contribution < 1.29 is 41.9 Å². The number of imide groups is 2. The summed E-state index contributed by atoms with van der Waals surface area (Å²) in [6.07, 6.45) is -0.276. The lowest BCUT2D eigenvalue weighted by molar-refractivity contribution is -0.137. The van der Waals surface area contributed by atoms with Crippen LogP contribution in [0.15, 0.2) is 66.9 Å². The van der Waals surface area contributed by atoms with E-state index in [1.54, 1.807) is 30.3 Å². The van der Waals surface area contributed by atoms with Crippen LogP contribution in [0.1, 0.15) is 99.6 Å². The molecule has 0 aliphatic carbocycles. The molecule has 0 unspecified atom stereocenters. The maximum Gasteiger partial charge on any atom is 0.419 e. The lowest BCUT2D eigenvalue weighted by atomic mass is 9.85. The molecule has 15 nitrogen and oxygen atoms in total. The topological polar surface area (TPSA) is 169 Å². The van der Waals surface area contributed by atoms with E-state index in [2.05, 4.69) is 36.1 Å². The lowest BCUT2D eigenvalue weighted by Crippen LogP contribution is -2.58. The largest absolute Gasteiger partial charge is 0.489 e. The van der Waals surface area contributed by atoms with Crippen LogP contribution in [0.5, 0.6) is 5.75 Å². The van der Waals surface area contributed by atoms with Gasteiger partial charge in [0.05, 0.1) is 52.0 Å². The van der Waals surface area contributed by atoms with Crippen molar-refractivity contribution in [2.45, 2.75) is 71.1 Å². The quantitative estimate of drug-likeness (QED) is 0.103. The average molecular weight is 896 g/mol. The standard InChI is InChI=1S/C47H52F3N9O6/c1-27(2)65-40-23-34(28(3)21-39(40)54-41-24-38(36(25-52-41)47(48,49)50)53-37-8-6-5-7-33(37)43(61)51-4)30-13-16-56(17-14-30)26-29-11-18-57(19-12-29)31-9-10-32-35(22-31)45(63)59(44(32)62)58-20-15-42(60)55-46(58)64/h5-10,21-25,27,29-30H,11-20,26H2,1-4H3,(H,51,61)(H2,52,53,54)(H,55,60,64). The van der Waals surface area contributed by atoms with E-state index in [-0.39, 0.29) is 58.9 Å². The van der Waals surface area contributed by atoms with Crippen molar-refractivity contribution >= 4 is 58.2 Å². The molecule has 0 saturated carbocycles. The number of ether oxygens (including phenoxy) is 1. The zero-order valence-electron chi connectivity index (χ0n) is 36.7. The molecule has 65 heavy (non-hydrogen) atoms. The molecule has 18 heteroatoms. The number of carbonyl (C=O) groups is 5. The van der Waals surface area contributed by atoms with E-state index < -0.39 is 41.4 Å². The SMILES string of the molecule is CNC(=O)c1ccccc1Nc1cc(Nc2cc(C)c(C3CCN(CC4CCN(c5ccc6c(c5)C(=O)N(N5CCC(=O)NC5=O)C6=O)CC4)CC3)cc2OC(C)C)ncc1C(F)(F)F. The zero-order chi connectivity index (χ0) is 46.2. The number of anilines is 5. The summed E-state index contributed by atoms with van der Waals surface area (Å²) >= 11 is 0. The van der Waals surface area contributed by atoms with Crippen molar-refractivity contribution in [3.8, 4) is 5.75 Å². The summed E-state index contributed by atoms with van der Waals surface area (Å²) < 4.78 is 48.9. The smallest absolute Gasteiger partial charge is 0.419 e. The maximum atomic E-state index is 14.2. The Kier molecular flexibility index (Phi) is 12.7. The first-order valence-electron chi connectivity index (χ1n) is 21.9. The first-order chi connectivity index (χ1) is 31.1. The predicted molar refractivity (Wildman–Crippen MR) is 238 cm³/mol. The Morgan fingerprint density at radius 1 is 0.862 bits per heavy atom. The number of alkyl halides is 3. The van der Waals surface area contributed by atoms with Gasteiger partial charge in [0.2, 0.25) is 5.91 Å². The summed E-state index contributed by atoms with van der Waals surface area (Å²) in [5.74, 6) is -0.549. The third-order valence-corrected chi connectivity index (χ3v) is 12.5. The first kappa shape index (κ1) is 44.9. The van der Waals surface area contributed by atoms with Crippen molar-refractivity contribution in [2.24, 2.45) is 5.92 Å². The summed E-state index contributed by atoms with van der Waals surface area (Å²) in [7, 11) is 1.45. The minimum atomic E-state index is -4.71. The second-order valence-corrected chi connectivity index (χ2v) is 17.2. The highest BCUT2D eigenvalue weighted by Gasteiger charge is 2.43. The molecule has 3 saturated heterocycles. The van der Waals surface area contributed by atoms with Gasteiger partial charge in [-0.05, 0) is 125 Å². The number of halogens is 3. The van der Waals surface area contributed by atoms with Gasteiger partial charge < -0.3 is 30.5 Å². The second kappa shape index (κ2) is 18.4. The molecule has 342 valence electrons. The van der Waals surface area contributed by atoms with Crippen LogP contribution in [0.2, 0.25) is 0 Å². The lowest BCUT2D eigenvalue weighted by Gasteiger charge is -2.38. The highest BCUT2D eigenvalue weighted by molar-refractivity contribution is 6.22. The van der Waals surface area contributed by atoms with Crippen molar-refractivity contribution in [1.82, 2.24) is 30.5 Å². The number of nitrogens with zero attached hydrogens (tertiary/aromatic N) is 5. The maximum absolute atomic E-state index is 14.2. The monoisotopic (exact) mass is 895 g/mol. The molecule has 6 amide bonds. The fourth-order valence-corrected chi connectivity index (χ4v) is 9.20. The van der Waals surface area contributed by atoms with Gasteiger partial charge in [0.15, 0.2) is 0 Å². The van der Waals surface area contributed by atoms with Gasteiger partial charge in [-0.15, -0.1) is 0 Å². The fourth-order valence-electron chi connectivity index (χ4n) is 9.20. The van der Waals surface area contributed by atoms with Crippen molar-refractivity contribution in [2.75, 3.05) is 61.8 Å². The Morgan fingerprint density at radius 3 is 2.28 bits per heavy atom. The van der Waals surface area contributed by atoms with Crippen LogP contribution < -0.4 is 30.9 Å². The van der Waals surface area contributed by atoms with Gasteiger partial charge in [-0.25, -0.2) is 14.8 Å². The number of rotatable bonds is 12. The number of aromatic nitrogens is 1. The van der Waals surface area contributed by atoms with Gasteiger partial charge in [-0.1, -0.05) is 12.1 Å². The number of aryl methyl sites for hydroxylation is 1. The van der Waals surface area contributed by atoms with E-state index in [1.807, 2.05) is 39.0 Å². The predicted octanol–water partition coefficient (Wildman–Crippen LogP) is 7.59. The second-order valence-electron chi connectivity index (χ2n) is 17.2. The molecule has 3 aromatic carbocycles. The van der Waals surface area contributed by atoms with E-state index in [4.69, 9.17) is 4.74 Å². The van der Waals surface area contributed by atoms with Crippen LogP contribution in [0.25, 0.3) is 0 Å². The Balaban J connectivity index is 0.888. The minimum absolute atomic E-state index is 0.00275. The third kappa shape index (κ3) is 9.58. The van der Waals surface area contributed by atoms with Crippen LogP contribution in [0.3, 0.4) is 0 Å². The number of urea groups is 1. The van der Waals surface area contributed by atoms with Gasteiger partial charge in [0.1, 0.15) is 11.6 Å². The van der Waals surface area contributed by atoms with Gasteiger partial charge in [-0.2, -0.15) is 18.2 Å². The van der Waals surface area contributed by atoms with Crippen molar-refractivity contribution in [1.29, 1.82) is 0 Å². The number of carbonyl (C=O) groups excluding carboxylic acids is 5. The number of fused-ring (bicyclic) bond motifs is 1. The Morgan fingerprint density at radius 2 is 1.58 bits per heavy atom. The van der Waals surface area contributed by atoms with Crippen LogP contribution in [-0.2, 0) is 11.0 Å². The van der Waals surface area contributed by atoms with Gasteiger partial charge in [0, 0.05) is 51.1 Å². The number of hydrazine groups is 1. The number of likely N-dealkylation sites (tertiary alicyclic amines) is 1. The van der Waals surface area contributed by atoms with Crippen LogP contribution >= 0.6 is 0 Å². The highest BCUT2D eigenvalue weighted by Crippen LogP contribution is 2.41. The fraction of sp³-hybridized carbons (Fsp3) is 0.404. The molecule has 3 fully saturated rings. The number of hydrogen-bond acceptors (Lipinski definition) is 11. The van der Waals surface area contributed by atoms with E-state index in [9.17, 15) is 37.1 Å². The molecule has 4 N–H and O–H groups in total. The molecule has 4 aliphatic heterocycles. The van der Waals surface area contributed by atoms with Gasteiger partial charge in [0.25, 0.3) is 17.7 Å². The number of benzene rings is 3. The molecule has 1 aromatic heterocycles. The van der Waals surface area contributed by atoms with Crippen molar-refractivity contribution in [3.63, 3.8) is 0 Å². The average Bonchev–Trinajstić information content (AvgIpc) is 3.52. The Bertz CT molecular complexity index is 2520. The number of amides is 6. The number of para-hydroxylation sites is 1. The summed E-state index contributed by atoms with van der Waals surface area (Å²) in [5.41, 5.74) is 3.24. The number of piperidine rings is 2. The number of nitrogens with one attached hydrogen (secondary N) is 4. The van der Waals surface area contributed by atoms with Gasteiger partial charge in [-0.3, -0.25) is 24.5 Å². The molecular formula is C47H52F3N9O6. The molecule has 4 aromatic rings. The molecule has 4 aliphatic rings. The molecule has 8 rings (SSSR count). The van der Waals surface area contributed by atoms with Crippen LogP contribution in [-0.4, -0.2) is 102 Å². The van der Waals surface area contributed by atoms with E-state index >= 15 is 0 Å². The molecule has 0 spiro atoms. The summed E-state index contributed by atoms with van der Waals surface area (Å²) in [4.78, 5) is 72.0. The van der Waals surface area contributed by atoms with Crippen LogP contribution in [0, 0.1) is 12.8 Å². The third-order valence-electron chi connectivity index (χ3n) is 12.5. The Hall–Kier alpha value is -6.69. The van der Waals surface area contributed by atoms with Crippen LogP contribution in [0.4, 0.5) is 46.5 Å². The summed E-state index contributed by atoms with van der Waals surface area (Å²) in [5, 5.41) is 12.5. The molecule has 0 bridgehead atoms. The first-order valence-corrected chi connectivity index (χ1v) is 21.9. The normalized spacial score (nSPS) is 17.7. The van der Waals surface area contributed by atoms with E-state index in [0.717, 1.165) is 85.9 Å². The molecular weight excluding hydrogens is 844 g/mol. The Labute approximate surface area is 374 Å².